The molecule has 4 aromatic rings. The zero-order valence-corrected chi connectivity index (χ0v) is 18.5. The first-order valence-electron chi connectivity index (χ1n) is 10.8. The second-order valence-electron chi connectivity index (χ2n) is 8.05. The lowest BCUT2D eigenvalue weighted by Gasteiger charge is -2.13. The van der Waals surface area contributed by atoms with Crippen LogP contribution in [0.25, 0.3) is 16.7 Å². The van der Waals surface area contributed by atoms with E-state index >= 15 is 0 Å². The normalized spacial score (nSPS) is 14.2. The second kappa shape index (κ2) is 8.75. The van der Waals surface area contributed by atoms with Crippen molar-refractivity contribution in [1.29, 1.82) is 0 Å². The van der Waals surface area contributed by atoms with Crippen molar-refractivity contribution in [3.63, 3.8) is 0 Å². The topological polar surface area (TPSA) is 86.5 Å². The molecule has 1 heterocycles. The number of nitrogens with zero attached hydrogens (tertiary/aromatic N) is 3. The monoisotopic (exact) mass is 463 g/mol. The number of halogens is 1. The van der Waals surface area contributed by atoms with Crippen LogP contribution in [0, 0.1) is 0 Å². The van der Waals surface area contributed by atoms with Crippen molar-refractivity contribution in [2.24, 2.45) is 0 Å². The molecule has 0 aliphatic heterocycles. The summed E-state index contributed by atoms with van der Waals surface area (Å²) in [5, 5.41) is 19.0. The Bertz CT molecular complexity index is 1270. The molecule has 0 saturated heterocycles. The second-order valence-corrected chi connectivity index (χ2v) is 8.49. The van der Waals surface area contributed by atoms with Crippen molar-refractivity contribution in [1.82, 2.24) is 15.0 Å². The standard InChI is InChI=1S/C25H22ClN3O4/c26-18-8-11-23(22(16-18)29-27-20-4-1-2-5-21(20)28-29)33-15-3-14-32-19-9-6-17(7-10-19)25(12-13-25)24(30)31/h1-2,4-11,16H,3,12-15H2,(H,30,31). The molecule has 0 radical (unpaired) electrons. The van der Waals surface area contributed by atoms with Crippen LogP contribution in [0.3, 0.4) is 0 Å². The van der Waals surface area contributed by atoms with Crippen LogP contribution in [0.5, 0.6) is 11.5 Å². The summed E-state index contributed by atoms with van der Waals surface area (Å²) in [6.07, 6.45) is 2.05. The van der Waals surface area contributed by atoms with Crippen LogP contribution in [0.15, 0.2) is 66.7 Å². The molecule has 1 aromatic heterocycles. The lowest BCUT2D eigenvalue weighted by molar-refractivity contribution is -0.140. The van der Waals surface area contributed by atoms with E-state index in [1.807, 2.05) is 48.5 Å². The number of fused-ring (bicyclic) bond motifs is 1. The van der Waals surface area contributed by atoms with Gasteiger partial charge in [-0.25, -0.2) is 0 Å². The smallest absolute Gasteiger partial charge is 0.314 e. The SMILES string of the molecule is O=C(O)C1(c2ccc(OCCCOc3ccc(Cl)cc3-n3nc4ccccc4n3)cc2)CC1. The van der Waals surface area contributed by atoms with Gasteiger partial charge in [0.1, 0.15) is 28.2 Å². The van der Waals surface area contributed by atoms with Crippen LogP contribution in [0.1, 0.15) is 24.8 Å². The number of hydrogen-bond acceptors (Lipinski definition) is 5. The van der Waals surface area contributed by atoms with Crippen molar-refractivity contribution in [3.05, 3.63) is 77.3 Å². The molecular formula is C25H22ClN3O4. The van der Waals surface area contributed by atoms with Gasteiger partial charge in [-0.2, -0.15) is 0 Å². The highest BCUT2D eigenvalue weighted by molar-refractivity contribution is 6.30. The van der Waals surface area contributed by atoms with E-state index in [1.165, 1.54) is 4.80 Å². The Morgan fingerprint density at radius 1 is 0.970 bits per heavy atom. The number of ether oxygens (including phenoxy) is 2. The van der Waals surface area contributed by atoms with Crippen molar-refractivity contribution in [2.45, 2.75) is 24.7 Å². The fourth-order valence-corrected chi connectivity index (χ4v) is 3.95. The molecule has 1 aliphatic rings. The van der Waals surface area contributed by atoms with Crippen LogP contribution < -0.4 is 9.47 Å². The fraction of sp³-hybridized carbons (Fsp3) is 0.240. The van der Waals surface area contributed by atoms with Gasteiger partial charge < -0.3 is 14.6 Å². The minimum atomic E-state index is -0.756. The van der Waals surface area contributed by atoms with Gasteiger partial charge in [0.05, 0.1) is 18.6 Å². The average molecular weight is 464 g/mol. The molecule has 1 saturated carbocycles. The maximum Gasteiger partial charge on any atom is 0.314 e. The van der Waals surface area contributed by atoms with Crippen LogP contribution in [-0.4, -0.2) is 39.3 Å². The minimum Gasteiger partial charge on any atom is -0.493 e. The zero-order chi connectivity index (χ0) is 22.8. The van der Waals surface area contributed by atoms with E-state index in [4.69, 9.17) is 21.1 Å². The lowest BCUT2D eigenvalue weighted by atomic mass is 9.96. The summed E-state index contributed by atoms with van der Waals surface area (Å²) in [6.45, 7) is 0.909. The predicted molar refractivity (Wildman–Crippen MR) is 124 cm³/mol. The molecule has 33 heavy (non-hydrogen) atoms. The summed E-state index contributed by atoms with van der Waals surface area (Å²) in [7, 11) is 0. The maximum atomic E-state index is 11.4. The highest BCUT2D eigenvalue weighted by Crippen LogP contribution is 2.48. The van der Waals surface area contributed by atoms with Crippen molar-refractivity contribution < 1.29 is 19.4 Å². The van der Waals surface area contributed by atoms with Crippen LogP contribution in [-0.2, 0) is 10.2 Å². The highest BCUT2D eigenvalue weighted by atomic mass is 35.5. The summed E-state index contributed by atoms with van der Waals surface area (Å²) in [4.78, 5) is 13.0. The molecular weight excluding hydrogens is 442 g/mol. The van der Waals surface area contributed by atoms with Crippen LogP contribution in [0.4, 0.5) is 0 Å². The molecule has 0 amide bonds. The molecule has 0 atom stereocenters. The van der Waals surface area contributed by atoms with E-state index in [1.54, 1.807) is 18.2 Å². The summed E-state index contributed by atoms with van der Waals surface area (Å²) >= 11 is 6.20. The number of carboxylic acids is 1. The van der Waals surface area contributed by atoms with E-state index in [2.05, 4.69) is 10.2 Å². The van der Waals surface area contributed by atoms with Crippen LogP contribution >= 0.6 is 11.6 Å². The Morgan fingerprint density at radius 2 is 1.64 bits per heavy atom. The summed E-state index contributed by atoms with van der Waals surface area (Å²) in [5.74, 6) is 0.584. The van der Waals surface area contributed by atoms with Crippen LogP contribution in [0.2, 0.25) is 5.02 Å². The van der Waals surface area contributed by atoms with Gasteiger partial charge in [0.25, 0.3) is 0 Å². The third-order valence-electron chi connectivity index (χ3n) is 5.80. The lowest BCUT2D eigenvalue weighted by Crippen LogP contribution is -2.19. The first-order chi connectivity index (χ1) is 16.0. The molecule has 3 aromatic carbocycles. The third kappa shape index (κ3) is 4.36. The molecule has 5 rings (SSSR count). The number of carbonyl (C=O) groups is 1. The molecule has 1 N–H and O–H groups in total. The number of benzene rings is 3. The average Bonchev–Trinajstić information content (AvgIpc) is 3.53. The Balaban J connectivity index is 1.18. The fourth-order valence-electron chi connectivity index (χ4n) is 3.79. The van der Waals surface area contributed by atoms with Crippen molar-refractivity contribution >= 4 is 28.6 Å². The van der Waals surface area contributed by atoms with Gasteiger partial charge in [-0.05, 0) is 60.9 Å². The van der Waals surface area contributed by atoms with E-state index in [-0.39, 0.29) is 0 Å². The molecule has 0 spiro atoms. The Morgan fingerprint density at radius 3 is 2.27 bits per heavy atom. The largest absolute Gasteiger partial charge is 0.493 e. The van der Waals surface area contributed by atoms with Crippen molar-refractivity contribution in [2.75, 3.05) is 13.2 Å². The van der Waals surface area contributed by atoms with E-state index < -0.39 is 11.4 Å². The molecule has 0 bridgehead atoms. The number of aliphatic carboxylic acids is 1. The zero-order valence-electron chi connectivity index (χ0n) is 17.8. The van der Waals surface area contributed by atoms with Gasteiger partial charge in [0.2, 0.25) is 0 Å². The highest BCUT2D eigenvalue weighted by Gasteiger charge is 2.51. The van der Waals surface area contributed by atoms with Crippen molar-refractivity contribution in [3.8, 4) is 17.2 Å². The minimum absolute atomic E-state index is 0.440. The summed E-state index contributed by atoms with van der Waals surface area (Å²) in [6, 6.07) is 20.3. The van der Waals surface area contributed by atoms with Gasteiger partial charge in [-0.15, -0.1) is 15.0 Å². The van der Waals surface area contributed by atoms with E-state index in [0.717, 1.165) is 16.6 Å². The first kappa shape index (κ1) is 21.3. The quantitative estimate of drug-likeness (QED) is 0.350. The van der Waals surface area contributed by atoms with Gasteiger partial charge in [-0.1, -0.05) is 35.9 Å². The number of aromatic nitrogens is 3. The number of rotatable bonds is 9. The van der Waals surface area contributed by atoms with Gasteiger partial charge in [0, 0.05) is 11.4 Å². The van der Waals surface area contributed by atoms with E-state index in [0.29, 0.717) is 54.7 Å². The molecule has 1 fully saturated rings. The Kier molecular flexibility index (Phi) is 5.64. The number of hydrogen-bond donors (Lipinski definition) is 1. The van der Waals surface area contributed by atoms with Gasteiger partial charge in [0.15, 0.2) is 0 Å². The first-order valence-corrected chi connectivity index (χ1v) is 11.1. The van der Waals surface area contributed by atoms with E-state index in [9.17, 15) is 9.90 Å². The molecule has 0 unspecified atom stereocenters. The number of carboxylic acid groups (broad SMARTS) is 1. The Hall–Kier alpha value is -3.58. The van der Waals surface area contributed by atoms with Gasteiger partial charge in [-0.3, -0.25) is 4.79 Å². The summed E-state index contributed by atoms with van der Waals surface area (Å²) < 4.78 is 11.8. The summed E-state index contributed by atoms with van der Waals surface area (Å²) in [5.41, 5.74) is 2.39. The third-order valence-corrected chi connectivity index (χ3v) is 6.04. The maximum absolute atomic E-state index is 11.4. The molecule has 1 aliphatic carbocycles. The molecule has 168 valence electrons. The Labute approximate surface area is 195 Å². The molecule has 7 nitrogen and oxygen atoms in total. The predicted octanol–water partition coefficient (Wildman–Crippen LogP) is 5.04. The van der Waals surface area contributed by atoms with Gasteiger partial charge >= 0.3 is 5.97 Å². The molecule has 8 heteroatoms.